The van der Waals surface area contributed by atoms with Crippen LogP contribution in [0.3, 0.4) is 0 Å². The number of methoxy groups -OCH3 is 1. The molecule has 3 nitrogen and oxygen atoms in total. The van der Waals surface area contributed by atoms with Gasteiger partial charge in [-0.1, -0.05) is 48.5 Å². The molecule has 3 aliphatic rings. The Bertz CT molecular complexity index is 938. The highest BCUT2D eigenvalue weighted by atomic mass is 35.5. The van der Waals surface area contributed by atoms with E-state index in [0.29, 0.717) is 16.9 Å². The van der Waals surface area contributed by atoms with Crippen LogP contribution in [-0.2, 0) is 11.3 Å². The van der Waals surface area contributed by atoms with Gasteiger partial charge in [0.1, 0.15) is 0 Å². The summed E-state index contributed by atoms with van der Waals surface area (Å²) in [6.07, 6.45) is 10.5. The van der Waals surface area contributed by atoms with Gasteiger partial charge in [-0.05, 0) is 97.1 Å². The molecule has 1 aliphatic carbocycles. The van der Waals surface area contributed by atoms with Crippen molar-refractivity contribution in [2.45, 2.75) is 69.4 Å². The van der Waals surface area contributed by atoms with Gasteiger partial charge in [0.15, 0.2) is 0 Å². The van der Waals surface area contributed by atoms with Crippen molar-refractivity contribution in [3.63, 3.8) is 0 Å². The first-order chi connectivity index (χ1) is 17.0. The minimum Gasteiger partial charge on any atom is -0.378 e. The molecule has 1 aromatic carbocycles. The number of nitrogens with zero attached hydrogens (tertiary/aromatic N) is 2. The number of halogens is 2. The van der Waals surface area contributed by atoms with Crippen LogP contribution in [0, 0.1) is 11.8 Å². The van der Waals surface area contributed by atoms with Crippen molar-refractivity contribution in [1.29, 1.82) is 0 Å². The SMILES string of the molecule is COC1(CC2CCN(C[C@H]3CN(Cc4ccc(Cl)cc4Cl)C[C@@H]3c3ccsc3)CC2)CCCCC1. The summed E-state index contributed by atoms with van der Waals surface area (Å²) in [6.45, 7) is 6.81. The molecule has 0 spiro atoms. The molecule has 3 heterocycles. The Hall–Kier alpha value is -0.620. The zero-order valence-electron chi connectivity index (χ0n) is 21.1. The fraction of sp³-hybridized carbons (Fsp3) is 0.655. The van der Waals surface area contributed by atoms with Gasteiger partial charge in [-0.15, -0.1) is 0 Å². The zero-order valence-corrected chi connectivity index (χ0v) is 23.4. The summed E-state index contributed by atoms with van der Waals surface area (Å²) < 4.78 is 6.11. The van der Waals surface area contributed by atoms with E-state index in [1.54, 1.807) is 0 Å². The third-order valence-corrected chi connectivity index (χ3v) is 10.2. The average Bonchev–Trinajstić information content (AvgIpc) is 3.53. The molecule has 0 unspecified atom stereocenters. The van der Waals surface area contributed by atoms with Crippen LogP contribution in [0.25, 0.3) is 0 Å². The van der Waals surface area contributed by atoms with Crippen LogP contribution in [0.15, 0.2) is 35.0 Å². The van der Waals surface area contributed by atoms with Crippen LogP contribution < -0.4 is 0 Å². The average molecular weight is 536 g/mol. The number of thiophene rings is 1. The Morgan fingerprint density at radius 1 is 1.03 bits per heavy atom. The Balaban J connectivity index is 1.18. The second-order valence-electron chi connectivity index (χ2n) is 11.2. The van der Waals surface area contributed by atoms with Gasteiger partial charge in [-0.2, -0.15) is 11.3 Å². The molecule has 0 radical (unpaired) electrons. The summed E-state index contributed by atoms with van der Waals surface area (Å²) in [5.41, 5.74) is 2.86. The highest BCUT2D eigenvalue weighted by molar-refractivity contribution is 7.08. The van der Waals surface area contributed by atoms with E-state index < -0.39 is 0 Å². The third kappa shape index (κ3) is 6.45. The van der Waals surface area contributed by atoms with Gasteiger partial charge in [0.05, 0.1) is 5.60 Å². The fourth-order valence-electron chi connectivity index (χ4n) is 6.95. The quantitative estimate of drug-likeness (QED) is 0.344. The van der Waals surface area contributed by atoms with Crippen LogP contribution in [0.4, 0.5) is 0 Å². The van der Waals surface area contributed by atoms with Gasteiger partial charge in [0.2, 0.25) is 0 Å². The van der Waals surface area contributed by atoms with Crippen LogP contribution in [0.2, 0.25) is 10.0 Å². The second-order valence-corrected chi connectivity index (χ2v) is 12.9. The van der Waals surface area contributed by atoms with Crippen molar-refractivity contribution >= 4 is 34.5 Å². The van der Waals surface area contributed by atoms with E-state index in [9.17, 15) is 0 Å². The second kappa shape index (κ2) is 11.8. The maximum absolute atomic E-state index is 6.51. The van der Waals surface area contributed by atoms with Crippen molar-refractivity contribution in [2.75, 3.05) is 39.8 Å². The van der Waals surface area contributed by atoms with E-state index in [4.69, 9.17) is 27.9 Å². The number of ether oxygens (including phenoxy) is 1. The molecule has 0 bridgehead atoms. The molecule has 3 fully saturated rings. The van der Waals surface area contributed by atoms with Crippen molar-refractivity contribution in [3.05, 3.63) is 56.2 Å². The number of hydrogen-bond acceptors (Lipinski definition) is 4. The van der Waals surface area contributed by atoms with Gasteiger partial charge in [-0.3, -0.25) is 4.90 Å². The lowest BCUT2D eigenvalue weighted by Gasteiger charge is -2.41. The minimum absolute atomic E-state index is 0.171. The largest absolute Gasteiger partial charge is 0.378 e. The van der Waals surface area contributed by atoms with Crippen LogP contribution in [-0.4, -0.2) is 55.2 Å². The molecule has 2 atom stereocenters. The van der Waals surface area contributed by atoms with Crippen LogP contribution >= 0.6 is 34.5 Å². The number of likely N-dealkylation sites (tertiary alicyclic amines) is 2. The van der Waals surface area contributed by atoms with E-state index in [1.165, 1.54) is 82.1 Å². The molecule has 2 saturated heterocycles. The molecule has 6 heteroatoms. The summed E-state index contributed by atoms with van der Waals surface area (Å²) in [6, 6.07) is 8.24. The molecule has 192 valence electrons. The first-order valence-corrected chi connectivity index (χ1v) is 15.2. The van der Waals surface area contributed by atoms with E-state index in [1.807, 2.05) is 30.6 Å². The van der Waals surface area contributed by atoms with Crippen LogP contribution in [0.1, 0.15) is 68.4 Å². The first-order valence-electron chi connectivity index (χ1n) is 13.5. The maximum atomic E-state index is 6.51. The number of rotatable bonds is 8. The molecule has 1 saturated carbocycles. The number of hydrogen-bond donors (Lipinski definition) is 0. The van der Waals surface area contributed by atoms with Gasteiger partial charge >= 0.3 is 0 Å². The standard InChI is InChI=1S/C29H40Cl2N2OS/c1-34-29(10-3-2-4-11-29)16-22-7-12-32(13-8-22)18-25-19-33(20-27(25)24-9-14-35-21-24)17-23-5-6-26(30)15-28(23)31/h5-6,9,14-15,21-22,25,27H,2-4,7-8,10-13,16-20H2,1H3/t25-,27+/m0/s1. The predicted octanol–water partition coefficient (Wildman–Crippen LogP) is 7.72. The lowest BCUT2D eigenvalue weighted by Crippen LogP contribution is -2.42. The Labute approximate surface area is 225 Å². The van der Waals surface area contributed by atoms with Crippen LogP contribution in [0.5, 0.6) is 0 Å². The lowest BCUT2D eigenvalue weighted by atomic mass is 9.76. The van der Waals surface area contributed by atoms with Gasteiger partial charge < -0.3 is 9.64 Å². The van der Waals surface area contributed by atoms with E-state index in [-0.39, 0.29) is 5.60 Å². The summed E-state index contributed by atoms with van der Waals surface area (Å²) in [7, 11) is 1.95. The molecular weight excluding hydrogens is 495 g/mol. The fourth-order valence-corrected chi connectivity index (χ4v) is 8.14. The van der Waals surface area contributed by atoms with Crippen molar-refractivity contribution in [2.24, 2.45) is 11.8 Å². The zero-order chi connectivity index (χ0) is 24.3. The smallest absolute Gasteiger partial charge is 0.0681 e. The molecular formula is C29H40Cl2N2OS. The van der Waals surface area contributed by atoms with Crippen molar-refractivity contribution in [1.82, 2.24) is 9.80 Å². The Morgan fingerprint density at radius 3 is 2.51 bits per heavy atom. The van der Waals surface area contributed by atoms with Gasteiger partial charge in [0.25, 0.3) is 0 Å². The molecule has 1 aromatic heterocycles. The number of piperidine rings is 1. The molecule has 0 amide bonds. The summed E-state index contributed by atoms with van der Waals surface area (Å²) >= 11 is 14.5. The minimum atomic E-state index is 0.171. The highest BCUT2D eigenvalue weighted by Crippen LogP contribution is 2.40. The molecule has 5 rings (SSSR count). The molecule has 2 aromatic rings. The van der Waals surface area contributed by atoms with Crippen molar-refractivity contribution in [3.8, 4) is 0 Å². The summed E-state index contributed by atoms with van der Waals surface area (Å²) in [4.78, 5) is 5.35. The van der Waals surface area contributed by atoms with E-state index >= 15 is 0 Å². The monoisotopic (exact) mass is 534 g/mol. The Morgan fingerprint density at radius 2 is 1.83 bits per heavy atom. The van der Waals surface area contributed by atoms with Gasteiger partial charge in [-0.25, -0.2) is 0 Å². The van der Waals surface area contributed by atoms with Gasteiger partial charge in [0, 0.05) is 49.3 Å². The van der Waals surface area contributed by atoms with E-state index in [0.717, 1.165) is 30.6 Å². The van der Waals surface area contributed by atoms with E-state index in [2.05, 4.69) is 32.7 Å². The Kier molecular flexibility index (Phi) is 8.79. The summed E-state index contributed by atoms with van der Waals surface area (Å²) in [5.74, 6) is 2.09. The molecule has 35 heavy (non-hydrogen) atoms. The molecule has 2 aliphatic heterocycles. The van der Waals surface area contributed by atoms with Crippen molar-refractivity contribution < 1.29 is 4.74 Å². The predicted molar refractivity (Wildman–Crippen MR) is 149 cm³/mol. The first kappa shape index (κ1) is 26.0. The number of benzene rings is 1. The topological polar surface area (TPSA) is 15.7 Å². The molecule has 0 N–H and O–H groups in total. The highest BCUT2D eigenvalue weighted by Gasteiger charge is 2.38. The third-order valence-electron chi connectivity index (χ3n) is 8.96. The normalized spacial score (nSPS) is 26.4. The lowest BCUT2D eigenvalue weighted by molar-refractivity contribution is -0.0619. The summed E-state index contributed by atoms with van der Waals surface area (Å²) in [5, 5.41) is 6.07. The maximum Gasteiger partial charge on any atom is 0.0681 e.